The van der Waals surface area contributed by atoms with Crippen molar-refractivity contribution in [3.8, 4) is 0 Å². The largest absolute Gasteiger partial charge is 0.376 e. The first kappa shape index (κ1) is 23.1. The van der Waals surface area contributed by atoms with Crippen LogP contribution in [0.4, 0.5) is 11.4 Å². The van der Waals surface area contributed by atoms with Crippen LogP contribution >= 0.6 is 58.2 Å². The van der Waals surface area contributed by atoms with Gasteiger partial charge in [-0.3, -0.25) is 10.1 Å². The van der Waals surface area contributed by atoms with Crippen LogP contribution in [0.2, 0.25) is 15.1 Å². The molecule has 4 nitrogen and oxygen atoms in total. The maximum absolute atomic E-state index is 11.5. The average Bonchev–Trinajstić information content (AvgIpc) is 3.10. The van der Waals surface area contributed by atoms with E-state index >= 15 is 0 Å². The first-order valence-electron chi connectivity index (χ1n) is 10.4. The molecule has 1 aliphatic carbocycles. The van der Waals surface area contributed by atoms with E-state index in [1.54, 1.807) is 18.2 Å². The fourth-order valence-corrected chi connectivity index (χ4v) is 7.81. The van der Waals surface area contributed by atoms with Gasteiger partial charge in [-0.15, -0.1) is 23.4 Å². The lowest BCUT2D eigenvalue weighted by Gasteiger charge is -2.39. The Balaban J connectivity index is 1.58. The number of thioether (sulfide) groups is 1. The summed E-state index contributed by atoms with van der Waals surface area (Å²) in [4.78, 5) is 11.8. The molecule has 9 heteroatoms. The summed E-state index contributed by atoms with van der Waals surface area (Å²) in [6.45, 7) is 0. The molecule has 5 atom stereocenters. The molecular weight excluding hydrogens is 522 g/mol. The van der Waals surface area contributed by atoms with Crippen LogP contribution in [0.15, 0.2) is 65.6 Å². The van der Waals surface area contributed by atoms with Crippen LogP contribution in [0.1, 0.15) is 29.5 Å². The third-order valence-electron chi connectivity index (χ3n) is 6.42. The van der Waals surface area contributed by atoms with Crippen LogP contribution in [0.5, 0.6) is 0 Å². The number of halogens is 4. The molecular formula is C24H18Cl4N2O2S. The van der Waals surface area contributed by atoms with E-state index in [0.29, 0.717) is 20.0 Å². The number of hydrogen-bond donors (Lipinski definition) is 1. The molecule has 33 heavy (non-hydrogen) atoms. The fourth-order valence-electron chi connectivity index (χ4n) is 5.05. The van der Waals surface area contributed by atoms with Gasteiger partial charge in [0.05, 0.1) is 31.9 Å². The van der Waals surface area contributed by atoms with E-state index in [-0.39, 0.29) is 39.1 Å². The van der Waals surface area contributed by atoms with Gasteiger partial charge in [-0.05, 0) is 47.7 Å². The summed E-state index contributed by atoms with van der Waals surface area (Å²) in [6.07, 6.45) is 0.752. The smallest absolute Gasteiger partial charge is 0.282 e. The number of rotatable bonds is 4. The molecule has 1 fully saturated rings. The van der Waals surface area contributed by atoms with Crippen LogP contribution in [0.25, 0.3) is 0 Å². The standard InChI is InChI=1S/C24H18Cl4N2O2S/c25-12-9-14-21-15(11-20(22(21)28)33-19-8-4-3-7-18(19)30(31)32)23(29-24(14)17(27)10-12)13-5-1-2-6-16(13)26/h1-10,15,20-23,29H,11H2/t15-,20+,21-,22+,23-/m0/s1. The van der Waals surface area contributed by atoms with E-state index < -0.39 is 0 Å². The molecule has 0 bridgehead atoms. The SMILES string of the molecule is O=[N+]([O-])c1ccccc1S[C@@H]1C[C@H]2[C@H](c3cc(Cl)cc(Cl)c3N[C@H]2c2ccccc2Cl)[C@@H]1Cl. The van der Waals surface area contributed by atoms with Gasteiger partial charge in [0, 0.05) is 27.3 Å². The Morgan fingerprint density at radius 2 is 1.70 bits per heavy atom. The highest BCUT2D eigenvalue weighted by molar-refractivity contribution is 8.00. The number of nitro benzene ring substituents is 1. The zero-order valence-corrected chi connectivity index (χ0v) is 20.9. The first-order valence-corrected chi connectivity index (χ1v) is 12.8. The minimum absolute atomic E-state index is 0.0411. The lowest BCUT2D eigenvalue weighted by molar-refractivity contribution is -0.387. The van der Waals surface area contributed by atoms with Gasteiger partial charge >= 0.3 is 0 Å². The number of anilines is 1. The highest BCUT2D eigenvalue weighted by Gasteiger charge is 2.51. The lowest BCUT2D eigenvalue weighted by atomic mass is 9.77. The molecule has 170 valence electrons. The Morgan fingerprint density at radius 3 is 2.45 bits per heavy atom. The van der Waals surface area contributed by atoms with Crippen molar-refractivity contribution in [2.24, 2.45) is 5.92 Å². The van der Waals surface area contributed by atoms with Crippen LogP contribution in [0.3, 0.4) is 0 Å². The van der Waals surface area contributed by atoms with Crippen molar-refractivity contribution in [1.82, 2.24) is 0 Å². The van der Waals surface area contributed by atoms with Crippen molar-refractivity contribution in [2.75, 3.05) is 5.32 Å². The lowest BCUT2D eigenvalue weighted by Crippen LogP contribution is -2.31. The van der Waals surface area contributed by atoms with Crippen molar-refractivity contribution in [1.29, 1.82) is 0 Å². The molecule has 0 amide bonds. The number of para-hydroxylation sites is 1. The molecule has 2 aliphatic rings. The van der Waals surface area contributed by atoms with Crippen molar-refractivity contribution >= 4 is 69.5 Å². The van der Waals surface area contributed by atoms with E-state index in [9.17, 15) is 10.1 Å². The Labute approximate surface area is 215 Å². The van der Waals surface area contributed by atoms with Crippen molar-refractivity contribution in [2.45, 2.75) is 33.9 Å². The number of benzene rings is 3. The normalized spacial score (nSPS) is 25.8. The average molecular weight is 540 g/mol. The Hall–Kier alpha value is -1.63. The zero-order valence-electron chi connectivity index (χ0n) is 17.1. The van der Waals surface area contributed by atoms with Gasteiger partial charge in [0.2, 0.25) is 0 Å². The molecule has 1 aliphatic heterocycles. The monoisotopic (exact) mass is 538 g/mol. The van der Waals surface area contributed by atoms with Gasteiger partial charge in [-0.1, -0.05) is 65.1 Å². The van der Waals surface area contributed by atoms with E-state index in [1.165, 1.54) is 17.8 Å². The molecule has 1 N–H and O–H groups in total. The second kappa shape index (κ2) is 9.20. The van der Waals surface area contributed by atoms with Crippen molar-refractivity contribution in [3.05, 3.63) is 97.0 Å². The number of nitrogens with zero attached hydrogens (tertiary/aromatic N) is 1. The molecule has 3 aromatic carbocycles. The molecule has 0 aromatic heterocycles. The summed E-state index contributed by atoms with van der Waals surface area (Å²) < 4.78 is 0. The molecule has 3 aromatic rings. The predicted octanol–water partition coefficient (Wildman–Crippen LogP) is 8.59. The summed E-state index contributed by atoms with van der Waals surface area (Å²) in [7, 11) is 0. The fraction of sp³-hybridized carbons (Fsp3) is 0.250. The van der Waals surface area contributed by atoms with Crippen LogP contribution in [-0.2, 0) is 0 Å². The second-order valence-electron chi connectivity index (χ2n) is 8.25. The minimum Gasteiger partial charge on any atom is -0.376 e. The van der Waals surface area contributed by atoms with Crippen molar-refractivity contribution < 1.29 is 4.92 Å². The third kappa shape index (κ3) is 4.19. The van der Waals surface area contributed by atoms with Gasteiger partial charge in [0.15, 0.2) is 0 Å². The molecule has 5 rings (SSSR count). The number of hydrogen-bond acceptors (Lipinski definition) is 4. The van der Waals surface area contributed by atoms with Gasteiger partial charge < -0.3 is 5.32 Å². The number of alkyl halides is 1. The van der Waals surface area contributed by atoms with Gasteiger partial charge in [-0.25, -0.2) is 0 Å². The Morgan fingerprint density at radius 1 is 0.970 bits per heavy atom. The maximum Gasteiger partial charge on any atom is 0.282 e. The van der Waals surface area contributed by atoms with E-state index in [2.05, 4.69) is 5.32 Å². The zero-order chi connectivity index (χ0) is 23.3. The van der Waals surface area contributed by atoms with Crippen LogP contribution < -0.4 is 5.32 Å². The van der Waals surface area contributed by atoms with E-state index in [0.717, 1.165) is 23.2 Å². The topological polar surface area (TPSA) is 55.2 Å². The number of nitrogens with one attached hydrogen (secondary N) is 1. The molecule has 0 spiro atoms. The summed E-state index contributed by atoms with van der Waals surface area (Å²) in [5.41, 5.74) is 2.86. The highest BCUT2D eigenvalue weighted by atomic mass is 35.5. The summed E-state index contributed by atoms with van der Waals surface area (Å²) >= 11 is 28.1. The maximum atomic E-state index is 11.5. The Bertz CT molecular complexity index is 1240. The molecule has 1 saturated carbocycles. The summed E-state index contributed by atoms with van der Waals surface area (Å²) in [5, 5.41) is 16.6. The second-order valence-corrected chi connectivity index (χ2v) is 11.3. The van der Waals surface area contributed by atoms with E-state index in [1.807, 2.05) is 36.4 Å². The highest BCUT2D eigenvalue weighted by Crippen LogP contribution is 2.59. The van der Waals surface area contributed by atoms with Crippen LogP contribution in [-0.4, -0.2) is 15.6 Å². The van der Waals surface area contributed by atoms with Crippen molar-refractivity contribution in [3.63, 3.8) is 0 Å². The van der Waals surface area contributed by atoms with Gasteiger partial charge in [0.1, 0.15) is 0 Å². The quantitative estimate of drug-likeness (QED) is 0.205. The predicted molar refractivity (Wildman–Crippen MR) is 138 cm³/mol. The van der Waals surface area contributed by atoms with Gasteiger partial charge in [-0.2, -0.15) is 0 Å². The minimum atomic E-state index is -0.351. The summed E-state index contributed by atoms with van der Waals surface area (Å²) in [6, 6.07) is 18.1. The molecule has 0 unspecified atom stereocenters. The number of nitro groups is 1. The van der Waals surface area contributed by atoms with Crippen LogP contribution in [0, 0.1) is 16.0 Å². The third-order valence-corrected chi connectivity index (χ3v) is 9.39. The Kier molecular flexibility index (Phi) is 6.45. The van der Waals surface area contributed by atoms with Gasteiger partial charge in [0.25, 0.3) is 5.69 Å². The number of fused-ring (bicyclic) bond motifs is 3. The molecule has 0 radical (unpaired) electrons. The van der Waals surface area contributed by atoms with E-state index in [4.69, 9.17) is 46.4 Å². The molecule has 1 heterocycles. The summed E-state index contributed by atoms with van der Waals surface area (Å²) in [5.74, 6) is 0.0651. The first-order chi connectivity index (χ1) is 15.8. The molecule has 0 saturated heterocycles.